The van der Waals surface area contributed by atoms with E-state index in [4.69, 9.17) is 21.1 Å². The number of amides is 1. The molecule has 0 bridgehead atoms. The molecule has 4 heterocycles. The van der Waals surface area contributed by atoms with Crippen molar-refractivity contribution in [3.63, 3.8) is 0 Å². The molecular formula is C22H28ClN5O5S. The molecule has 5 rings (SSSR count). The average molecular weight is 510 g/mol. The van der Waals surface area contributed by atoms with Gasteiger partial charge in [-0.15, -0.1) is 0 Å². The first-order valence-electron chi connectivity index (χ1n) is 11.4. The highest BCUT2D eigenvalue weighted by atomic mass is 35.5. The molecule has 1 aromatic carbocycles. The van der Waals surface area contributed by atoms with Crippen molar-refractivity contribution < 1.29 is 22.7 Å². The van der Waals surface area contributed by atoms with Crippen LogP contribution < -0.4 is 4.90 Å². The Morgan fingerprint density at radius 1 is 1.03 bits per heavy atom. The summed E-state index contributed by atoms with van der Waals surface area (Å²) in [5.74, 6) is -0.948. The van der Waals surface area contributed by atoms with E-state index in [-0.39, 0.29) is 29.6 Å². The highest BCUT2D eigenvalue weighted by Gasteiger charge is 2.42. The number of piperidine rings is 1. The number of rotatable bonds is 4. The van der Waals surface area contributed by atoms with Crippen LogP contribution in [0.2, 0.25) is 5.02 Å². The highest BCUT2D eigenvalue weighted by molar-refractivity contribution is 7.89. The summed E-state index contributed by atoms with van der Waals surface area (Å²) < 4.78 is 41.3. The summed E-state index contributed by atoms with van der Waals surface area (Å²) in [5, 5.41) is 4.63. The topological polar surface area (TPSA) is 97.2 Å². The van der Waals surface area contributed by atoms with Crippen LogP contribution in [0.4, 0.5) is 5.69 Å². The quantitative estimate of drug-likeness (QED) is 0.617. The van der Waals surface area contributed by atoms with Gasteiger partial charge in [-0.3, -0.25) is 9.48 Å². The zero-order valence-corrected chi connectivity index (χ0v) is 20.6. The summed E-state index contributed by atoms with van der Waals surface area (Å²) in [6, 6.07) is 7.51. The van der Waals surface area contributed by atoms with Gasteiger partial charge in [-0.05, 0) is 12.1 Å². The third kappa shape index (κ3) is 4.31. The Labute approximate surface area is 204 Å². The predicted molar refractivity (Wildman–Crippen MR) is 125 cm³/mol. The van der Waals surface area contributed by atoms with Gasteiger partial charge in [0, 0.05) is 65.4 Å². The summed E-state index contributed by atoms with van der Waals surface area (Å²) >= 11 is 6.31. The highest BCUT2D eigenvalue weighted by Crippen LogP contribution is 2.33. The molecule has 3 aliphatic heterocycles. The van der Waals surface area contributed by atoms with Gasteiger partial charge >= 0.3 is 0 Å². The molecule has 3 aliphatic rings. The number of sulfonamides is 1. The fraction of sp³-hybridized carbons (Fsp3) is 0.545. The molecular weight excluding hydrogens is 482 g/mol. The van der Waals surface area contributed by atoms with Crippen LogP contribution in [0.1, 0.15) is 23.2 Å². The molecule has 3 saturated heterocycles. The molecule has 10 nitrogen and oxygen atoms in total. The number of hydrogen-bond acceptors (Lipinski definition) is 7. The van der Waals surface area contributed by atoms with Crippen molar-refractivity contribution in [3.8, 4) is 0 Å². The fourth-order valence-corrected chi connectivity index (χ4v) is 6.61. The van der Waals surface area contributed by atoms with E-state index in [0.717, 1.165) is 5.69 Å². The standard InChI is InChI=1S/C22H28ClN5O5S/c1-25-16-17(21(29)27-8-6-22(7-9-27)32-14-15-33-22)20(24-25)34(30,31)28-12-10-26(11-13-28)19-5-3-2-4-18(19)23/h2-5,16H,6-15H2,1H3. The monoisotopic (exact) mass is 509 g/mol. The average Bonchev–Trinajstić information content (AvgIpc) is 3.46. The van der Waals surface area contributed by atoms with Crippen molar-refractivity contribution >= 4 is 33.2 Å². The molecule has 12 heteroatoms. The first kappa shape index (κ1) is 23.6. The van der Waals surface area contributed by atoms with E-state index in [1.165, 1.54) is 15.2 Å². The largest absolute Gasteiger partial charge is 0.368 e. The third-order valence-corrected chi connectivity index (χ3v) is 8.82. The summed E-state index contributed by atoms with van der Waals surface area (Å²) in [5.41, 5.74) is 0.980. The molecule has 3 fully saturated rings. The number of nitrogens with zero attached hydrogens (tertiary/aromatic N) is 5. The van der Waals surface area contributed by atoms with Crippen LogP contribution in [-0.4, -0.2) is 91.6 Å². The second-order valence-corrected chi connectivity index (χ2v) is 11.0. The molecule has 0 saturated carbocycles. The normalized spacial score (nSPS) is 21.4. The molecule has 34 heavy (non-hydrogen) atoms. The lowest BCUT2D eigenvalue weighted by Crippen LogP contribution is -2.49. The first-order chi connectivity index (χ1) is 16.3. The Morgan fingerprint density at radius 3 is 2.32 bits per heavy atom. The molecule has 1 amide bonds. The number of piperazine rings is 1. The fourth-order valence-electron chi connectivity index (χ4n) is 4.81. The predicted octanol–water partition coefficient (Wildman–Crippen LogP) is 1.56. The number of benzene rings is 1. The number of aryl methyl sites for hydroxylation is 1. The molecule has 0 radical (unpaired) electrons. The minimum atomic E-state index is -3.95. The Kier molecular flexibility index (Phi) is 6.32. The molecule has 0 aliphatic carbocycles. The van der Waals surface area contributed by atoms with Crippen molar-refractivity contribution in [3.05, 3.63) is 41.0 Å². The van der Waals surface area contributed by atoms with Crippen molar-refractivity contribution in [2.45, 2.75) is 23.7 Å². The number of anilines is 1. The molecule has 1 spiro atoms. The third-order valence-electron chi connectivity index (χ3n) is 6.67. The Bertz CT molecular complexity index is 1160. The Morgan fingerprint density at radius 2 is 1.68 bits per heavy atom. The molecule has 2 aromatic rings. The van der Waals surface area contributed by atoms with E-state index in [2.05, 4.69) is 10.00 Å². The van der Waals surface area contributed by atoms with Crippen LogP contribution >= 0.6 is 11.6 Å². The summed E-state index contributed by atoms with van der Waals surface area (Å²) in [6.07, 6.45) is 2.61. The van der Waals surface area contributed by atoms with E-state index in [1.807, 2.05) is 24.3 Å². The zero-order valence-electron chi connectivity index (χ0n) is 19.0. The second-order valence-electron chi connectivity index (χ2n) is 8.76. The van der Waals surface area contributed by atoms with Crippen LogP contribution in [0.3, 0.4) is 0 Å². The number of likely N-dealkylation sites (tertiary alicyclic amines) is 1. The lowest BCUT2D eigenvalue weighted by molar-refractivity contribution is -0.181. The summed E-state index contributed by atoms with van der Waals surface area (Å²) in [7, 11) is -2.33. The van der Waals surface area contributed by atoms with Gasteiger partial charge in [0.25, 0.3) is 15.9 Å². The van der Waals surface area contributed by atoms with Gasteiger partial charge in [0.05, 0.1) is 29.5 Å². The summed E-state index contributed by atoms with van der Waals surface area (Å²) in [6.45, 7) is 3.52. The zero-order chi connectivity index (χ0) is 23.9. The van der Waals surface area contributed by atoms with Gasteiger partial charge in [-0.1, -0.05) is 23.7 Å². The number of carbonyl (C=O) groups excluding carboxylic acids is 1. The smallest absolute Gasteiger partial charge is 0.263 e. The van der Waals surface area contributed by atoms with E-state index in [0.29, 0.717) is 57.3 Å². The molecule has 184 valence electrons. The van der Waals surface area contributed by atoms with Gasteiger partial charge in [0.1, 0.15) is 0 Å². The van der Waals surface area contributed by atoms with E-state index >= 15 is 0 Å². The molecule has 0 atom stereocenters. The lowest BCUT2D eigenvalue weighted by atomic mass is 10.0. The van der Waals surface area contributed by atoms with Crippen LogP contribution in [0.5, 0.6) is 0 Å². The van der Waals surface area contributed by atoms with Gasteiger partial charge in [0.15, 0.2) is 5.79 Å². The minimum Gasteiger partial charge on any atom is -0.368 e. The summed E-state index contributed by atoms with van der Waals surface area (Å²) in [4.78, 5) is 17.0. The Balaban J connectivity index is 1.30. The van der Waals surface area contributed by atoms with Crippen molar-refractivity contribution in [1.29, 1.82) is 0 Å². The van der Waals surface area contributed by atoms with Crippen LogP contribution in [0, 0.1) is 0 Å². The number of para-hydroxylation sites is 1. The van der Waals surface area contributed by atoms with Gasteiger partial charge in [0.2, 0.25) is 5.03 Å². The maximum Gasteiger partial charge on any atom is 0.263 e. The number of hydrogen-bond donors (Lipinski definition) is 0. The van der Waals surface area contributed by atoms with Crippen LogP contribution in [0.25, 0.3) is 0 Å². The molecule has 0 N–H and O–H groups in total. The minimum absolute atomic E-state index is 0.0974. The van der Waals surface area contributed by atoms with Crippen LogP contribution in [0.15, 0.2) is 35.5 Å². The number of carbonyl (C=O) groups is 1. The van der Waals surface area contributed by atoms with Crippen LogP contribution in [-0.2, 0) is 26.5 Å². The van der Waals surface area contributed by atoms with Crippen molar-refractivity contribution in [1.82, 2.24) is 19.0 Å². The Hall–Kier alpha value is -2.18. The first-order valence-corrected chi connectivity index (χ1v) is 13.2. The number of ether oxygens (including phenoxy) is 2. The van der Waals surface area contributed by atoms with Gasteiger partial charge in [-0.2, -0.15) is 9.40 Å². The second kappa shape index (κ2) is 9.12. The van der Waals surface area contributed by atoms with Crippen molar-refractivity contribution in [2.75, 3.05) is 57.4 Å². The molecule has 0 unspecified atom stereocenters. The van der Waals surface area contributed by atoms with Gasteiger partial charge in [-0.25, -0.2) is 8.42 Å². The van der Waals surface area contributed by atoms with E-state index in [1.54, 1.807) is 11.9 Å². The lowest BCUT2D eigenvalue weighted by Gasteiger charge is -2.37. The number of aromatic nitrogens is 2. The number of halogens is 1. The molecule has 1 aromatic heterocycles. The maximum atomic E-state index is 13.5. The van der Waals surface area contributed by atoms with Gasteiger partial charge < -0.3 is 19.3 Å². The SMILES string of the molecule is Cn1cc(C(=O)N2CCC3(CC2)OCCO3)c(S(=O)(=O)N2CCN(c3ccccc3Cl)CC2)n1. The van der Waals surface area contributed by atoms with E-state index < -0.39 is 15.8 Å². The van der Waals surface area contributed by atoms with Crippen molar-refractivity contribution in [2.24, 2.45) is 7.05 Å². The van der Waals surface area contributed by atoms with E-state index in [9.17, 15) is 13.2 Å². The maximum absolute atomic E-state index is 13.5.